The van der Waals surface area contributed by atoms with Crippen LogP contribution in [-0.4, -0.2) is 11.7 Å². The molecule has 100 valence electrons. The molecule has 0 radical (unpaired) electrons. The van der Waals surface area contributed by atoms with Crippen molar-refractivity contribution in [1.82, 2.24) is 0 Å². The first kappa shape index (κ1) is 14.5. The van der Waals surface area contributed by atoms with Crippen molar-refractivity contribution in [2.24, 2.45) is 0 Å². The van der Waals surface area contributed by atoms with Gasteiger partial charge in [0.1, 0.15) is 5.75 Å². The maximum Gasteiger partial charge on any atom is 0.156 e. The summed E-state index contributed by atoms with van der Waals surface area (Å²) in [4.78, 5) is 0. The van der Waals surface area contributed by atoms with Crippen molar-refractivity contribution < 1.29 is 9.84 Å². The highest BCUT2D eigenvalue weighted by molar-refractivity contribution is 9.10. The average Bonchev–Trinajstić information content (AvgIpc) is 2.34. The van der Waals surface area contributed by atoms with Crippen LogP contribution in [0.2, 0.25) is 10.0 Å². The highest BCUT2D eigenvalue weighted by atomic mass is 79.9. The van der Waals surface area contributed by atoms with Gasteiger partial charge >= 0.3 is 0 Å². The Bertz CT molecular complexity index is 547. The van der Waals surface area contributed by atoms with Gasteiger partial charge in [0.2, 0.25) is 0 Å². The Hall–Kier alpha value is -0.900. The molecule has 0 aliphatic rings. The Morgan fingerprint density at radius 3 is 2.21 bits per heavy atom. The summed E-state index contributed by atoms with van der Waals surface area (Å²) in [5.74, 6) is 0.425. The van der Waals surface area contributed by atoms with Crippen LogP contribution in [0.5, 0.6) is 11.5 Å². The van der Waals surface area contributed by atoms with E-state index in [0.717, 1.165) is 16.5 Å². The smallest absolute Gasteiger partial charge is 0.156 e. The van der Waals surface area contributed by atoms with Crippen LogP contribution in [0.1, 0.15) is 5.56 Å². The van der Waals surface area contributed by atoms with Gasteiger partial charge in [-0.05, 0) is 17.7 Å². The highest BCUT2D eigenvalue weighted by Gasteiger charge is 2.09. The van der Waals surface area contributed by atoms with Gasteiger partial charge in [-0.2, -0.15) is 0 Å². The monoisotopic (exact) mass is 360 g/mol. The van der Waals surface area contributed by atoms with Crippen molar-refractivity contribution in [2.45, 2.75) is 6.42 Å². The fourth-order valence-electron chi connectivity index (χ4n) is 1.61. The first-order valence-corrected chi connectivity index (χ1v) is 7.16. The Labute approximate surface area is 130 Å². The van der Waals surface area contributed by atoms with E-state index in [1.807, 2.05) is 24.3 Å². The molecule has 2 rings (SSSR count). The molecule has 0 atom stereocenters. The molecule has 0 aliphatic carbocycles. The van der Waals surface area contributed by atoms with Crippen molar-refractivity contribution in [3.63, 3.8) is 0 Å². The van der Waals surface area contributed by atoms with E-state index in [0.29, 0.717) is 22.4 Å². The van der Waals surface area contributed by atoms with Crippen molar-refractivity contribution in [3.8, 4) is 11.5 Å². The van der Waals surface area contributed by atoms with E-state index in [2.05, 4.69) is 15.9 Å². The molecule has 0 aromatic heterocycles. The fraction of sp³-hybridized carbons (Fsp3) is 0.143. The molecule has 0 spiro atoms. The summed E-state index contributed by atoms with van der Waals surface area (Å²) < 4.78 is 6.61. The van der Waals surface area contributed by atoms with Gasteiger partial charge in [-0.1, -0.05) is 51.3 Å². The van der Waals surface area contributed by atoms with Crippen LogP contribution >= 0.6 is 39.1 Å². The SMILES string of the molecule is Oc1cc(Cl)c(OCCc2ccc(Br)cc2)c(Cl)c1. The first-order valence-electron chi connectivity index (χ1n) is 5.61. The Balaban J connectivity index is 1.98. The molecule has 0 heterocycles. The number of hydrogen-bond acceptors (Lipinski definition) is 2. The summed E-state index contributed by atoms with van der Waals surface area (Å²) in [5, 5.41) is 9.93. The lowest BCUT2D eigenvalue weighted by molar-refractivity contribution is 0.321. The molecule has 5 heteroatoms. The summed E-state index contributed by atoms with van der Waals surface area (Å²) in [6.07, 6.45) is 0.751. The molecule has 0 saturated carbocycles. The lowest BCUT2D eigenvalue weighted by Gasteiger charge is -2.10. The molecule has 0 saturated heterocycles. The number of rotatable bonds is 4. The van der Waals surface area contributed by atoms with E-state index >= 15 is 0 Å². The van der Waals surface area contributed by atoms with Gasteiger partial charge in [-0.25, -0.2) is 0 Å². The number of benzene rings is 2. The molecule has 0 bridgehead atoms. The Morgan fingerprint density at radius 1 is 1.05 bits per heavy atom. The number of hydrogen-bond donors (Lipinski definition) is 1. The van der Waals surface area contributed by atoms with Gasteiger partial charge in [0, 0.05) is 23.0 Å². The number of ether oxygens (including phenoxy) is 1. The van der Waals surface area contributed by atoms with Gasteiger partial charge in [0.15, 0.2) is 5.75 Å². The standard InChI is InChI=1S/C14H11BrCl2O2/c15-10-3-1-9(2-4-10)5-6-19-14-12(16)7-11(18)8-13(14)17/h1-4,7-8,18H,5-6H2. The number of phenolic OH excluding ortho intramolecular Hbond substituents is 1. The molecule has 2 nitrogen and oxygen atoms in total. The van der Waals surface area contributed by atoms with E-state index in [1.54, 1.807) is 0 Å². The highest BCUT2D eigenvalue weighted by Crippen LogP contribution is 2.36. The third-order valence-electron chi connectivity index (χ3n) is 2.53. The zero-order valence-corrected chi connectivity index (χ0v) is 13.0. The maximum absolute atomic E-state index is 9.32. The third kappa shape index (κ3) is 4.03. The molecule has 0 fully saturated rings. The summed E-state index contributed by atoms with van der Waals surface area (Å²) in [7, 11) is 0. The van der Waals surface area contributed by atoms with Crippen molar-refractivity contribution in [3.05, 3.63) is 56.5 Å². The largest absolute Gasteiger partial charge is 0.508 e. The van der Waals surface area contributed by atoms with Crippen LogP contribution in [0, 0.1) is 0 Å². The first-order chi connectivity index (χ1) is 9.06. The lowest BCUT2D eigenvalue weighted by Crippen LogP contribution is -2.02. The van der Waals surface area contributed by atoms with Crippen molar-refractivity contribution >= 4 is 39.1 Å². The van der Waals surface area contributed by atoms with Gasteiger partial charge in [-0.3, -0.25) is 0 Å². The predicted octanol–water partition coefficient (Wildman–Crippen LogP) is 5.08. The summed E-state index contributed by atoms with van der Waals surface area (Å²) in [6.45, 7) is 0.464. The van der Waals surface area contributed by atoms with Gasteiger partial charge in [0.05, 0.1) is 16.7 Å². The molecule has 1 N–H and O–H groups in total. The lowest BCUT2D eigenvalue weighted by atomic mass is 10.2. The van der Waals surface area contributed by atoms with Crippen LogP contribution in [-0.2, 0) is 6.42 Å². The molecule has 0 amide bonds. The van der Waals surface area contributed by atoms with Crippen LogP contribution in [0.25, 0.3) is 0 Å². The molecule has 2 aromatic rings. The Morgan fingerprint density at radius 2 is 1.63 bits per heavy atom. The van der Waals surface area contributed by atoms with Gasteiger partial charge in [0.25, 0.3) is 0 Å². The Kier molecular flexibility index (Phi) is 4.97. The normalized spacial score (nSPS) is 10.5. The van der Waals surface area contributed by atoms with Crippen LogP contribution < -0.4 is 4.74 Å². The average molecular weight is 362 g/mol. The molecule has 0 aliphatic heterocycles. The molecule has 2 aromatic carbocycles. The second-order valence-electron chi connectivity index (χ2n) is 3.96. The maximum atomic E-state index is 9.32. The van der Waals surface area contributed by atoms with Crippen LogP contribution in [0.4, 0.5) is 0 Å². The van der Waals surface area contributed by atoms with E-state index in [1.165, 1.54) is 12.1 Å². The van der Waals surface area contributed by atoms with Gasteiger partial charge in [-0.15, -0.1) is 0 Å². The second kappa shape index (κ2) is 6.51. The summed E-state index contributed by atoms with van der Waals surface area (Å²) in [6, 6.07) is 10.8. The minimum atomic E-state index is 0.0234. The van der Waals surface area contributed by atoms with Crippen molar-refractivity contribution in [1.29, 1.82) is 0 Å². The molecular formula is C14H11BrCl2O2. The topological polar surface area (TPSA) is 29.5 Å². The second-order valence-corrected chi connectivity index (χ2v) is 5.69. The van der Waals surface area contributed by atoms with Crippen molar-refractivity contribution in [2.75, 3.05) is 6.61 Å². The number of phenols is 1. The van der Waals surface area contributed by atoms with E-state index < -0.39 is 0 Å². The summed E-state index contributed by atoms with van der Waals surface area (Å²) in [5.41, 5.74) is 1.16. The minimum absolute atomic E-state index is 0.0234. The summed E-state index contributed by atoms with van der Waals surface area (Å²) >= 11 is 15.3. The third-order valence-corrected chi connectivity index (χ3v) is 3.62. The predicted molar refractivity (Wildman–Crippen MR) is 81.5 cm³/mol. The zero-order valence-electron chi connectivity index (χ0n) is 9.87. The molecular weight excluding hydrogens is 351 g/mol. The van der Waals surface area contributed by atoms with E-state index in [4.69, 9.17) is 27.9 Å². The van der Waals surface area contributed by atoms with E-state index in [9.17, 15) is 5.11 Å². The fourth-order valence-corrected chi connectivity index (χ4v) is 2.46. The zero-order chi connectivity index (χ0) is 13.8. The number of halogens is 3. The molecule has 0 unspecified atom stereocenters. The van der Waals surface area contributed by atoms with E-state index in [-0.39, 0.29) is 5.75 Å². The number of aromatic hydroxyl groups is 1. The van der Waals surface area contributed by atoms with Crippen LogP contribution in [0.3, 0.4) is 0 Å². The van der Waals surface area contributed by atoms with Crippen LogP contribution in [0.15, 0.2) is 40.9 Å². The van der Waals surface area contributed by atoms with Gasteiger partial charge < -0.3 is 9.84 Å². The molecule has 19 heavy (non-hydrogen) atoms. The minimum Gasteiger partial charge on any atom is -0.508 e. The quantitative estimate of drug-likeness (QED) is 0.822.